The number of hydrogen-bond acceptors (Lipinski definition) is 3. The summed E-state index contributed by atoms with van der Waals surface area (Å²) in [7, 11) is 0. The molecule has 1 aliphatic carbocycles. The summed E-state index contributed by atoms with van der Waals surface area (Å²) in [6, 6.07) is 2.14. The molecule has 0 amide bonds. The number of pyridine rings is 1. The topological polar surface area (TPSA) is 65.9 Å². The smallest absolute Gasteiger partial charge is 0.254 e. The standard InChI is InChI=1S/C12H14N2O2/c1-2-16-12-10(7-13)8-5-3-4-6-9(8)11(15)14-12/h2-6H2,1H3,(H,14,15). The number of fused-ring (bicyclic) bond motifs is 1. The summed E-state index contributed by atoms with van der Waals surface area (Å²) in [5, 5.41) is 9.14. The van der Waals surface area contributed by atoms with Crippen LogP contribution >= 0.6 is 0 Å². The molecule has 0 atom stereocenters. The molecule has 4 heteroatoms. The second kappa shape index (κ2) is 4.40. The van der Waals surface area contributed by atoms with E-state index in [2.05, 4.69) is 11.1 Å². The van der Waals surface area contributed by atoms with Crippen molar-refractivity contribution in [2.45, 2.75) is 32.6 Å². The van der Waals surface area contributed by atoms with Gasteiger partial charge in [0.1, 0.15) is 11.6 Å². The lowest BCUT2D eigenvalue weighted by atomic mass is 9.90. The predicted octanol–water partition coefficient (Wildman–Crippen LogP) is 1.52. The van der Waals surface area contributed by atoms with Gasteiger partial charge in [-0.15, -0.1) is 0 Å². The van der Waals surface area contributed by atoms with Crippen LogP contribution in [0.1, 0.15) is 36.5 Å². The Morgan fingerprint density at radius 1 is 1.38 bits per heavy atom. The second-order valence-electron chi connectivity index (χ2n) is 3.87. The van der Waals surface area contributed by atoms with Crippen molar-refractivity contribution >= 4 is 0 Å². The van der Waals surface area contributed by atoms with E-state index in [-0.39, 0.29) is 5.56 Å². The third-order valence-corrected chi connectivity index (χ3v) is 2.90. The molecule has 0 saturated carbocycles. The van der Waals surface area contributed by atoms with E-state index in [1.165, 1.54) is 0 Å². The maximum Gasteiger partial charge on any atom is 0.254 e. The van der Waals surface area contributed by atoms with E-state index in [1.807, 2.05) is 6.92 Å². The molecule has 0 aromatic carbocycles. The van der Waals surface area contributed by atoms with Crippen LogP contribution in [0.4, 0.5) is 0 Å². The van der Waals surface area contributed by atoms with Crippen LogP contribution in [0.15, 0.2) is 4.79 Å². The number of nitriles is 1. The van der Waals surface area contributed by atoms with Gasteiger partial charge >= 0.3 is 0 Å². The molecule has 1 heterocycles. The molecule has 16 heavy (non-hydrogen) atoms. The highest BCUT2D eigenvalue weighted by Gasteiger charge is 2.20. The highest BCUT2D eigenvalue weighted by molar-refractivity contribution is 5.49. The molecule has 1 N–H and O–H groups in total. The highest BCUT2D eigenvalue weighted by Crippen LogP contribution is 2.26. The van der Waals surface area contributed by atoms with Crippen LogP contribution in [0.25, 0.3) is 0 Å². The summed E-state index contributed by atoms with van der Waals surface area (Å²) in [5.74, 6) is 0.329. The monoisotopic (exact) mass is 218 g/mol. The van der Waals surface area contributed by atoms with E-state index in [1.54, 1.807) is 0 Å². The first-order valence-electron chi connectivity index (χ1n) is 5.58. The Balaban J connectivity index is 2.63. The van der Waals surface area contributed by atoms with Gasteiger partial charge in [-0.05, 0) is 38.2 Å². The normalized spacial score (nSPS) is 14.0. The maximum absolute atomic E-state index is 11.8. The molecule has 0 fully saturated rings. The minimum absolute atomic E-state index is 0.0999. The number of hydrogen-bond donors (Lipinski definition) is 1. The van der Waals surface area contributed by atoms with E-state index >= 15 is 0 Å². The lowest BCUT2D eigenvalue weighted by Crippen LogP contribution is -2.21. The van der Waals surface area contributed by atoms with Crippen LogP contribution in [-0.2, 0) is 12.8 Å². The molecule has 84 valence electrons. The zero-order chi connectivity index (χ0) is 11.5. The summed E-state index contributed by atoms with van der Waals surface area (Å²) < 4.78 is 5.30. The molecule has 0 bridgehead atoms. The Kier molecular flexibility index (Phi) is 2.95. The van der Waals surface area contributed by atoms with Crippen LogP contribution in [0.5, 0.6) is 5.88 Å². The molecular weight excluding hydrogens is 204 g/mol. The molecule has 2 rings (SSSR count). The minimum atomic E-state index is -0.0999. The van der Waals surface area contributed by atoms with Crippen molar-refractivity contribution in [3.63, 3.8) is 0 Å². The molecule has 4 nitrogen and oxygen atoms in total. The van der Waals surface area contributed by atoms with Gasteiger partial charge in [-0.25, -0.2) is 0 Å². The largest absolute Gasteiger partial charge is 0.478 e. The van der Waals surface area contributed by atoms with Crippen LogP contribution in [-0.4, -0.2) is 11.6 Å². The number of H-pyrrole nitrogens is 1. The minimum Gasteiger partial charge on any atom is -0.478 e. The SMILES string of the molecule is CCOc1[nH]c(=O)c2c(c1C#N)CCCC2. The average Bonchev–Trinajstić information content (AvgIpc) is 2.30. The third-order valence-electron chi connectivity index (χ3n) is 2.90. The zero-order valence-corrected chi connectivity index (χ0v) is 9.30. The fourth-order valence-electron chi connectivity index (χ4n) is 2.18. The molecule has 0 saturated heterocycles. The molecular formula is C12H14N2O2. The Bertz CT molecular complexity index is 497. The van der Waals surface area contributed by atoms with Crippen molar-refractivity contribution in [2.24, 2.45) is 0 Å². The second-order valence-corrected chi connectivity index (χ2v) is 3.87. The van der Waals surface area contributed by atoms with Gasteiger partial charge in [-0.2, -0.15) is 5.26 Å². The summed E-state index contributed by atoms with van der Waals surface area (Å²) in [6.07, 6.45) is 3.64. The maximum atomic E-state index is 11.8. The first-order chi connectivity index (χ1) is 7.77. The molecule has 1 aromatic heterocycles. The van der Waals surface area contributed by atoms with Gasteiger partial charge in [-0.3, -0.25) is 9.78 Å². The molecule has 1 aliphatic rings. The van der Waals surface area contributed by atoms with Gasteiger partial charge in [0.2, 0.25) is 5.88 Å². The molecule has 0 aliphatic heterocycles. The highest BCUT2D eigenvalue weighted by atomic mass is 16.5. The number of aromatic nitrogens is 1. The third kappa shape index (κ3) is 1.69. The van der Waals surface area contributed by atoms with Crippen LogP contribution in [0.3, 0.4) is 0 Å². The fraction of sp³-hybridized carbons (Fsp3) is 0.500. The molecule has 1 aromatic rings. The number of ether oxygens (including phenoxy) is 1. The van der Waals surface area contributed by atoms with Crippen molar-refractivity contribution in [2.75, 3.05) is 6.61 Å². The molecule has 0 unspecified atom stereocenters. The lowest BCUT2D eigenvalue weighted by Gasteiger charge is -2.17. The molecule has 0 spiro atoms. The summed E-state index contributed by atoms with van der Waals surface area (Å²) >= 11 is 0. The van der Waals surface area contributed by atoms with Gasteiger partial charge < -0.3 is 4.74 Å². The van der Waals surface area contributed by atoms with Gasteiger partial charge in [0.25, 0.3) is 5.56 Å². The van der Waals surface area contributed by atoms with Crippen molar-refractivity contribution < 1.29 is 4.74 Å². The van der Waals surface area contributed by atoms with Crippen LogP contribution in [0, 0.1) is 11.3 Å². The Morgan fingerprint density at radius 3 is 2.69 bits per heavy atom. The van der Waals surface area contributed by atoms with Crippen LogP contribution < -0.4 is 10.3 Å². The summed E-state index contributed by atoms with van der Waals surface area (Å²) in [6.45, 7) is 2.28. The van der Waals surface area contributed by atoms with E-state index in [0.29, 0.717) is 18.1 Å². The zero-order valence-electron chi connectivity index (χ0n) is 9.30. The number of nitrogens with zero attached hydrogens (tertiary/aromatic N) is 1. The molecule has 0 radical (unpaired) electrons. The predicted molar refractivity (Wildman–Crippen MR) is 59.6 cm³/mol. The first-order valence-corrected chi connectivity index (χ1v) is 5.58. The van der Waals surface area contributed by atoms with E-state index < -0.39 is 0 Å². The van der Waals surface area contributed by atoms with Gasteiger partial charge in [-0.1, -0.05) is 0 Å². The lowest BCUT2D eigenvalue weighted by molar-refractivity contribution is 0.323. The Labute approximate surface area is 93.9 Å². The number of rotatable bonds is 2. The van der Waals surface area contributed by atoms with Gasteiger partial charge in [0.05, 0.1) is 6.61 Å². The quantitative estimate of drug-likeness (QED) is 0.818. The number of nitrogens with one attached hydrogen (secondary N) is 1. The summed E-state index contributed by atoms with van der Waals surface area (Å²) in [4.78, 5) is 14.4. The van der Waals surface area contributed by atoms with Crippen molar-refractivity contribution in [3.05, 3.63) is 27.0 Å². The Hall–Kier alpha value is -1.76. The Morgan fingerprint density at radius 2 is 2.06 bits per heavy atom. The first kappa shape index (κ1) is 10.7. The van der Waals surface area contributed by atoms with Crippen LogP contribution in [0.2, 0.25) is 0 Å². The average molecular weight is 218 g/mol. The van der Waals surface area contributed by atoms with E-state index in [0.717, 1.165) is 36.8 Å². The fourth-order valence-corrected chi connectivity index (χ4v) is 2.18. The van der Waals surface area contributed by atoms with Crippen molar-refractivity contribution in [1.29, 1.82) is 5.26 Å². The van der Waals surface area contributed by atoms with Crippen molar-refractivity contribution in [1.82, 2.24) is 4.98 Å². The summed E-state index contributed by atoms with van der Waals surface area (Å²) in [5.41, 5.74) is 2.07. The van der Waals surface area contributed by atoms with Crippen molar-refractivity contribution in [3.8, 4) is 11.9 Å². The van der Waals surface area contributed by atoms with E-state index in [9.17, 15) is 4.79 Å². The number of aromatic amines is 1. The van der Waals surface area contributed by atoms with Gasteiger partial charge in [0.15, 0.2) is 0 Å². The van der Waals surface area contributed by atoms with Gasteiger partial charge in [0, 0.05) is 5.56 Å². The van der Waals surface area contributed by atoms with E-state index in [4.69, 9.17) is 10.00 Å².